The normalized spacial score (nSPS) is 31.8. The van der Waals surface area contributed by atoms with E-state index in [9.17, 15) is 13.8 Å². The number of carboxylic acid groups (broad SMARTS) is 1. The van der Waals surface area contributed by atoms with Gasteiger partial charge in [-0.2, -0.15) is 11.8 Å². The zero-order valence-corrected chi connectivity index (χ0v) is 13.6. The minimum absolute atomic E-state index is 0.0389. The molecule has 0 aliphatic carbocycles. The molecule has 4 atom stereocenters. The fourth-order valence-electron chi connectivity index (χ4n) is 2.79. The second kappa shape index (κ2) is 7.11. The lowest BCUT2D eigenvalue weighted by Crippen LogP contribution is -2.48. The summed E-state index contributed by atoms with van der Waals surface area (Å²) in [5, 5.41) is 11.4. The highest BCUT2D eigenvalue weighted by Crippen LogP contribution is 2.39. The van der Waals surface area contributed by atoms with E-state index in [-0.39, 0.29) is 16.6 Å². The van der Waals surface area contributed by atoms with Crippen LogP contribution in [0.2, 0.25) is 0 Å². The number of aliphatic carboxylic acids is 1. The molecule has 6 nitrogen and oxygen atoms in total. The van der Waals surface area contributed by atoms with Crippen LogP contribution in [0, 0.1) is 0 Å². The number of ether oxygens (including phenoxy) is 1. The molecule has 2 aliphatic heterocycles. The van der Waals surface area contributed by atoms with Crippen LogP contribution in [-0.4, -0.2) is 62.0 Å². The Balaban J connectivity index is 1.95. The lowest BCUT2D eigenvalue weighted by atomic mass is 9.93. The minimum atomic E-state index is -1.28. The summed E-state index contributed by atoms with van der Waals surface area (Å²) < 4.78 is 18.4. The smallest absolute Gasteiger partial charge is 0.327 e. The molecule has 2 fully saturated rings. The van der Waals surface area contributed by atoms with E-state index in [0.717, 1.165) is 24.3 Å². The van der Waals surface area contributed by atoms with Gasteiger partial charge in [0.25, 0.3) is 0 Å². The van der Waals surface area contributed by atoms with Gasteiger partial charge in [-0.1, -0.05) is 0 Å². The lowest BCUT2D eigenvalue weighted by molar-refractivity contribution is -0.140. The Morgan fingerprint density at radius 3 is 2.90 bits per heavy atom. The SMILES string of the molecule is CC(=O)NC(CS(=O)C1CCOC2(CCSC2)C1)C(=O)O. The number of carbonyl (C=O) groups excluding carboxylic acids is 1. The third-order valence-corrected chi connectivity index (χ3v) is 6.92. The highest BCUT2D eigenvalue weighted by molar-refractivity contribution is 7.99. The summed E-state index contributed by atoms with van der Waals surface area (Å²) in [7, 11) is -1.28. The predicted molar refractivity (Wildman–Crippen MR) is 81.9 cm³/mol. The van der Waals surface area contributed by atoms with E-state index in [2.05, 4.69) is 5.32 Å². The third kappa shape index (κ3) is 4.43. The first-order chi connectivity index (χ1) is 9.92. The van der Waals surface area contributed by atoms with Gasteiger partial charge in [-0.3, -0.25) is 9.00 Å². The van der Waals surface area contributed by atoms with E-state index in [4.69, 9.17) is 9.84 Å². The van der Waals surface area contributed by atoms with Crippen molar-refractivity contribution in [1.29, 1.82) is 0 Å². The van der Waals surface area contributed by atoms with Crippen molar-refractivity contribution in [2.45, 2.75) is 43.1 Å². The zero-order valence-electron chi connectivity index (χ0n) is 12.0. The third-order valence-electron chi connectivity index (χ3n) is 3.89. The van der Waals surface area contributed by atoms with Crippen molar-refractivity contribution in [3.05, 3.63) is 0 Å². The van der Waals surface area contributed by atoms with Crippen LogP contribution in [0.15, 0.2) is 0 Å². The van der Waals surface area contributed by atoms with E-state index in [1.54, 1.807) is 0 Å². The van der Waals surface area contributed by atoms with Crippen LogP contribution in [0.25, 0.3) is 0 Å². The van der Waals surface area contributed by atoms with Gasteiger partial charge in [0.1, 0.15) is 6.04 Å². The second-order valence-electron chi connectivity index (χ2n) is 5.59. The van der Waals surface area contributed by atoms with Gasteiger partial charge in [0.2, 0.25) is 5.91 Å². The summed E-state index contributed by atoms with van der Waals surface area (Å²) in [6.45, 7) is 1.84. The van der Waals surface area contributed by atoms with Crippen molar-refractivity contribution in [3.63, 3.8) is 0 Å². The molecule has 2 aliphatic rings. The molecule has 1 amide bonds. The Morgan fingerprint density at radius 2 is 2.33 bits per heavy atom. The van der Waals surface area contributed by atoms with Crippen LogP contribution in [0.1, 0.15) is 26.2 Å². The quantitative estimate of drug-likeness (QED) is 0.754. The summed E-state index contributed by atoms with van der Waals surface area (Å²) in [6.07, 6.45) is 2.38. The maximum atomic E-state index is 12.5. The number of hydrogen-bond donors (Lipinski definition) is 2. The fourth-order valence-corrected chi connectivity index (χ4v) is 5.84. The maximum absolute atomic E-state index is 12.5. The van der Waals surface area contributed by atoms with Crippen LogP contribution >= 0.6 is 11.8 Å². The number of hydrogen-bond acceptors (Lipinski definition) is 5. The number of carboxylic acids is 1. The molecule has 1 spiro atoms. The van der Waals surface area contributed by atoms with Gasteiger partial charge in [-0.15, -0.1) is 0 Å². The molecule has 0 aromatic rings. The minimum Gasteiger partial charge on any atom is -0.480 e. The summed E-state index contributed by atoms with van der Waals surface area (Å²) >= 11 is 1.85. The summed E-state index contributed by atoms with van der Waals surface area (Å²) in [4.78, 5) is 22.1. The molecule has 0 radical (unpaired) electrons. The summed E-state index contributed by atoms with van der Waals surface area (Å²) in [6, 6.07) is -1.08. The van der Waals surface area contributed by atoms with Gasteiger partial charge in [0, 0.05) is 35.3 Å². The average Bonchev–Trinajstić information content (AvgIpc) is 2.85. The molecule has 21 heavy (non-hydrogen) atoms. The number of nitrogens with one attached hydrogen (secondary N) is 1. The Labute approximate surface area is 130 Å². The van der Waals surface area contributed by atoms with Crippen LogP contribution in [0.5, 0.6) is 0 Å². The number of thioether (sulfide) groups is 1. The zero-order chi connectivity index (χ0) is 15.5. The number of amides is 1. The molecule has 0 saturated carbocycles. The Bertz CT molecular complexity index is 436. The topological polar surface area (TPSA) is 92.7 Å². The number of carbonyl (C=O) groups is 2. The molecule has 2 rings (SSSR count). The van der Waals surface area contributed by atoms with E-state index >= 15 is 0 Å². The summed E-state index contributed by atoms with van der Waals surface area (Å²) in [5.41, 5.74) is -0.171. The average molecular weight is 335 g/mol. The molecular weight excluding hydrogens is 314 g/mol. The predicted octanol–water partition coefficient (Wildman–Crippen LogP) is 0.379. The van der Waals surface area contributed by atoms with Gasteiger partial charge < -0.3 is 15.2 Å². The van der Waals surface area contributed by atoms with Crippen molar-refractivity contribution >= 4 is 34.4 Å². The Morgan fingerprint density at radius 1 is 1.57 bits per heavy atom. The highest BCUT2D eigenvalue weighted by Gasteiger charge is 2.42. The van der Waals surface area contributed by atoms with E-state index in [0.29, 0.717) is 13.0 Å². The first kappa shape index (κ1) is 16.8. The van der Waals surface area contributed by atoms with E-state index in [1.165, 1.54) is 6.92 Å². The van der Waals surface area contributed by atoms with Crippen LogP contribution in [0.3, 0.4) is 0 Å². The fraction of sp³-hybridized carbons (Fsp3) is 0.846. The molecule has 8 heteroatoms. The largest absolute Gasteiger partial charge is 0.480 e. The highest BCUT2D eigenvalue weighted by atomic mass is 32.2. The number of rotatable bonds is 5. The van der Waals surface area contributed by atoms with Gasteiger partial charge in [0.05, 0.1) is 11.4 Å². The lowest BCUT2D eigenvalue weighted by Gasteiger charge is -2.37. The first-order valence-electron chi connectivity index (χ1n) is 7.01. The van der Waals surface area contributed by atoms with Crippen molar-refractivity contribution in [2.24, 2.45) is 0 Å². The molecule has 2 saturated heterocycles. The molecule has 2 heterocycles. The van der Waals surface area contributed by atoms with Crippen LogP contribution in [-0.2, 0) is 25.1 Å². The molecular formula is C13H21NO5S2. The summed E-state index contributed by atoms with van der Waals surface area (Å²) in [5.74, 6) is 0.382. The maximum Gasteiger partial charge on any atom is 0.327 e. The van der Waals surface area contributed by atoms with Crippen molar-refractivity contribution in [3.8, 4) is 0 Å². The molecule has 0 bridgehead atoms. The molecule has 2 N–H and O–H groups in total. The van der Waals surface area contributed by atoms with Gasteiger partial charge in [-0.25, -0.2) is 4.79 Å². The monoisotopic (exact) mass is 335 g/mol. The standard InChI is InChI=1S/C13H21NO5S2/c1-9(15)14-11(12(16)17)7-21(18)10-2-4-19-13(6-10)3-5-20-8-13/h10-11H,2-8H2,1H3,(H,14,15)(H,16,17). The van der Waals surface area contributed by atoms with Crippen molar-refractivity contribution < 1.29 is 23.6 Å². The van der Waals surface area contributed by atoms with Crippen molar-refractivity contribution in [1.82, 2.24) is 5.32 Å². The van der Waals surface area contributed by atoms with Crippen LogP contribution in [0.4, 0.5) is 0 Å². The van der Waals surface area contributed by atoms with Crippen molar-refractivity contribution in [2.75, 3.05) is 23.9 Å². The Kier molecular flexibility index (Phi) is 5.67. The van der Waals surface area contributed by atoms with Crippen LogP contribution < -0.4 is 5.32 Å². The van der Waals surface area contributed by atoms with E-state index in [1.807, 2.05) is 11.8 Å². The van der Waals surface area contributed by atoms with E-state index < -0.39 is 28.7 Å². The molecule has 4 unspecified atom stereocenters. The molecule has 120 valence electrons. The van der Waals surface area contributed by atoms with Gasteiger partial charge >= 0.3 is 5.97 Å². The molecule has 0 aromatic carbocycles. The second-order valence-corrected chi connectivity index (χ2v) is 8.45. The Hall–Kier alpha value is -0.600. The van der Waals surface area contributed by atoms with Gasteiger partial charge in [-0.05, 0) is 25.0 Å². The first-order valence-corrected chi connectivity index (χ1v) is 9.54. The van der Waals surface area contributed by atoms with Gasteiger partial charge in [0.15, 0.2) is 0 Å². The molecule has 0 aromatic heterocycles.